The fourth-order valence-electron chi connectivity index (χ4n) is 1.52. The fourth-order valence-corrected chi connectivity index (χ4v) is 1.52. The third-order valence-electron chi connectivity index (χ3n) is 2.68. The van der Waals surface area contributed by atoms with E-state index in [2.05, 4.69) is 13.2 Å². The van der Waals surface area contributed by atoms with Gasteiger partial charge in [-0.1, -0.05) is 32.9 Å². The number of carbonyl (C=O) groups is 1. The summed E-state index contributed by atoms with van der Waals surface area (Å²) in [6.07, 6.45) is 7.22. The van der Waals surface area contributed by atoms with Gasteiger partial charge in [-0.3, -0.25) is 4.79 Å². The Kier molecular flexibility index (Phi) is 7.31. The summed E-state index contributed by atoms with van der Waals surface area (Å²) in [5, 5.41) is 9.19. The topological polar surface area (TPSA) is 44.1 Å². The molecule has 0 saturated carbocycles. The third-order valence-corrected chi connectivity index (χ3v) is 2.68. The molecule has 0 spiro atoms. The van der Waals surface area contributed by atoms with Crippen LogP contribution in [0.1, 0.15) is 27.7 Å². The second kappa shape index (κ2) is 8.16. The Morgan fingerprint density at radius 1 is 1.25 bits per heavy atom. The second-order valence-electron chi connectivity index (χ2n) is 5.60. The first-order chi connectivity index (χ1) is 9.27. The van der Waals surface area contributed by atoms with E-state index in [0.717, 1.165) is 0 Å². The summed E-state index contributed by atoms with van der Waals surface area (Å²) in [7, 11) is 0. The maximum absolute atomic E-state index is 12.2. The molecule has 0 aliphatic carbocycles. The van der Waals surface area contributed by atoms with Crippen molar-refractivity contribution in [3.63, 3.8) is 0 Å². The average Bonchev–Trinajstić information content (AvgIpc) is 2.36. The summed E-state index contributed by atoms with van der Waals surface area (Å²) < 4.78 is 0. The first-order valence-electron chi connectivity index (χ1n) is 6.57. The molecule has 0 aliphatic rings. The standard InChI is InChI=1S/C17H24N2O/c1-7-10-19(11-8-2)12-9-14(3)15(13-18)16(20)17(4,5)6/h7-9,12H,1-2,10-11H2,3-6H3/b12-9+,15-14-. The van der Waals surface area contributed by atoms with Crippen LogP contribution in [-0.4, -0.2) is 23.8 Å². The molecule has 0 aromatic heterocycles. The van der Waals surface area contributed by atoms with Gasteiger partial charge in [0.05, 0.1) is 5.57 Å². The second-order valence-corrected chi connectivity index (χ2v) is 5.60. The maximum atomic E-state index is 12.2. The van der Waals surface area contributed by atoms with Crippen LogP contribution >= 0.6 is 0 Å². The SMILES string of the molecule is C=CCN(/C=C/C(C)=C(/C#N)C(=O)C(C)(C)C)CC=C. The minimum Gasteiger partial charge on any atom is -0.370 e. The molecule has 0 unspecified atom stereocenters. The van der Waals surface area contributed by atoms with E-state index in [0.29, 0.717) is 18.7 Å². The minimum absolute atomic E-state index is 0.138. The highest BCUT2D eigenvalue weighted by atomic mass is 16.1. The van der Waals surface area contributed by atoms with Gasteiger partial charge in [-0.25, -0.2) is 0 Å². The van der Waals surface area contributed by atoms with Gasteiger partial charge in [0, 0.05) is 18.5 Å². The van der Waals surface area contributed by atoms with Crippen molar-refractivity contribution in [2.75, 3.05) is 13.1 Å². The van der Waals surface area contributed by atoms with Crippen molar-refractivity contribution in [1.29, 1.82) is 5.26 Å². The van der Waals surface area contributed by atoms with Crippen molar-refractivity contribution in [1.82, 2.24) is 4.90 Å². The van der Waals surface area contributed by atoms with Crippen LogP contribution in [0.4, 0.5) is 0 Å². The number of hydrogen-bond donors (Lipinski definition) is 0. The highest BCUT2D eigenvalue weighted by molar-refractivity contribution is 6.03. The zero-order valence-corrected chi connectivity index (χ0v) is 12.9. The van der Waals surface area contributed by atoms with Crippen molar-refractivity contribution in [2.45, 2.75) is 27.7 Å². The fraction of sp³-hybridized carbons (Fsp3) is 0.412. The van der Waals surface area contributed by atoms with Crippen molar-refractivity contribution in [2.24, 2.45) is 5.41 Å². The molecule has 0 atom stereocenters. The van der Waals surface area contributed by atoms with Crippen LogP contribution in [0.2, 0.25) is 0 Å². The average molecular weight is 272 g/mol. The van der Waals surface area contributed by atoms with Crippen LogP contribution < -0.4 is 0 Å². The Morgan fingerprint density at radius 2 is 1.75 bits per heavy atom. The van der Waals surface area contributed by atoms with E-state index in [1.807, 2.05) is 37.9 Å². The van der Waals surface area contributed by atoms with Gasteiger partial charge in [-0.15, -0.1) is 13.2 Å². The first kappa shape index (κ1) is 17.9. The highest BCUT2D eigenvalue weighted by Gasteiger charge is 2.25. The number of carbonyl (C=O) groups excluding carboxylic acids is 1. The highest BCUT2D eigenvalue weighted by Crippen LogP contribution is 2.22. The van der Waals surface area contributed by atoms with Gasteiger partial charge in [0.1, 0.15) is 6.07 Å². The summed E-state index contributed by atoms with van der Waals surface area (Å²) in [6.45, 7) is 16.0. The Morgan fingerprint density at radius 3 is 2.10 bits per heavy atom. The first-order valence-corrected chi connectivity index (χ1v) is 6.57. The maximum Gasteiger partial charge on any atom is 0.178 e. The molecule has 3 nitrogen and oxygen atoms in total. The van der Waals surface area contributed by atoms with Gasteiger partial charge in [-0.05, 0) is 24.8 Å². The molecule has 0 heterocycles. The van der Waals surface area contributed by atoms with Crippen molar-refractivity contribution < 1.29 is 4.79 Å². The molecule has 0 fully saturated rings. The molecule has 0 aromatic rings. The van der Waals surface area contributed by atoms with Crippen LogP contribution in [0.15, 0.2) is 48.7 Å². The van der Waals surface area contributed by atoms with Gasteiger partial charge in [0.2, 0.25) is 0 Å². The number of hydrogen-bond acceptors (Lipinski definition) is 3. The van der Waals surface area contributed by atoms with E-state index < -0.39 is 5.41 Å². The van der Waals surface area contributed by atoms with E-state index in [1.165, 1.54) is 0 Å². The molecule has 0 rings (SSSR count). The van der Waals surface area contributed by atoms with E-state index in [4.69, 9.17) is 0 Å². The van der Waals surface area contributed by atoms with Crippen LogP contribution in [0, 0.1) is 16.7 Å². The Hall–Kier alpha value is -2.08. The van der Waals surface area contributed by atoms with Crippen LogP contribution in [0.3, 0.4) is 0 Å². The zero-order chi connectivity index (χ0) is 15.8. The lowest BCUT2D eigenvalue weighted by atomic mass is 9.85. The van der Waals surface area contributed by atoms with Gasteiger partial charge in [0.25, 0.3) is 0 Å². The van der Waals surface area contributed by atoms with E-state index in [9.17, 15) is 10.1 Å². The Balaban J connectivity index is 5.27. The molecule has 0 bridgehead atoms. The lowest BCUT2D eigenvalue weighted by Gasteiger charge is -2.17. The molecule has 3 heteroatoms. The number of rotatable bonds is 7. The van der Waals surface area contributed by atoms with Gasteiger partial charge >= 0.3 is 0 Å². The molecule has 108 valence electrons. The smallest absolute Gasteiger partial charge is 0.178 e. The van der Waals surface area contributed by atoms with E-state index in [1.54, 1.807) is 25.2 Å². The molecule has 0 amide bonds. The summed E-state index contributed by atoms with van der Waals surface area (Å²) in [5.41, 5.74) is 0.332. The lowest BCUT2D eigenvalue weighted by Crippen LogP contribution is -2.22. The van der Waals surface area contributed by atoms with Crippen molar-refractivity contribution in [3.05, 3.63) is 48.7 Å². The van der Waals surface area contributed by atoms with Crippen molar-refractivity contribution in [3.8, 4) is 6.07 Å². The monoisotopic (exact) mass is 272 g/mol. The number of nitrogens with zero attached hydrogens (tertiary/aromatic N) is 2. The number of Topliss-reactive ketones (excluding diaryl/α,β-unsaturated/α-hetero) is 1. The molecular weight excluding hydrogens is 248 g/mol. The molecular formula is C17H24N2O. The molecule has 0 aromatic carbocycles. The van der Waals surface area contributed by atoms with Gasteiger partial charge in [-0.2, -0.15) is 5.26 Å². The van der Waals surface area contributed by atoms with E-state index >= 15 is 0 Å². The van der Waals surface area contributed by atoms with Gasteiger partial charge in [0.15, 0.2) is 5.78 Å². The van der Waals surface area contributed by atoms with Crippen LogP contribution in [0.25, 0.3) is 0 Å². The zero-order valence-electron chi connectivity index (χ0n) is 12.9. The van der Waals surface area contributed by atoms with Gasteiger partial charge < -0.3 is 4.90 Å². The summed E-state index contributed by atoms with van der Waals surface area (Å²) in [5.74, 6) is -0.138. The molecule has 0 radical (unpaired) electrons. The molecule has 20 heavy (non-hydrogen) atoms. The molecule has 0 saturated heterocycles. The Labute approximate surface area is 122 Å². The number of nitriles is 1. The summed E-state index contributed by atoms with van der Waals surface area (Å²) in [6, 6.07) is 2.02. The summed E-state index contributed by atoms with van der Waals surface area (Å²) in [4.78, 5) is 14.2. The van der Waals surface area contributed by atoms with E-state index in [-0.39, 0.29) is 11.4 Å². The molecule has 0 N–H and O–H groups in total. The number of ketones is 1. The predicted molar refractivity (Wildman–Crippen MR) is 83.9 cm³/mol. The number of allylic oxidation sites excluding steroid dienone is 3. The molecule has 0 aliphatic heterocycles. The third kappa shape index (κ3) is 5.71. The largest absolute Gasteiger partial charge is 0.370 e. The lowest BCUT2D eigenvalue weighted by molar-refractivity contribution is -0.122. The Bertz CT molecular complexity index is 460. The normalized spacial score (nSPS) is 12.6. The quantitative estimate of drug-likeness (QED) is 0.308. The van der Waals surface area contributed by atoms with Crippen LogP contribution in [0.5, 0.6) is 0 Å². The minimum atomic E-state index is -0.553. The van der Waals surface area contributed by atoms with Crippen LogP contribution in [-0.2, 0) is 4.79 Å². The van der Waals surface area contributed by atoms with Crippen molar-refractivity contribution >= 4 is 5.78 Å². The predicted octanol–water partition coefficient (Wildman–Crippen LogP) is 3.63. The summed E-state index contributed by atoms with van der Waals surface area (Å²) >= 11 is 0.